The first-order valence-electron chi connectivity index (χ1n) is 8.13. The normalized spacial score (nSPS) is 16.1. The number of hydrogen-bond donors (Lipinski definition) is 1. The summed E-state index contributed by atoms with van der Waals surface area (Å²) in [6.45, 7) is 10.8. The van der Waals surface area contributed by atoms with E-state index in [4.69, 9.17) is 10.8 Å². The van der Waals surface area contributed by atoms with Crippen molar-refractivity contribution in [2.75, 3.05) is 5.73 Å². The van der Waals surface area contributed by atoms with Crippen LogP contribution in [0.1, 0.15) is 53.2 Å². The minimum atomic E-state index is -0.154. The molecule has 2 N–H and O–H groups in total. The van der Waals surface area contributed by atoms with Gasteiger partial charge in [0.05, 0.1) is 16.6 Å². The van der Waals surface area contributed by atoms with Gasteiger partial charge in [-0.1, -0.05) is 11.6 Å². The zero-order valence-corrected chi connectivity index (χ0v) is 14.6. The van der Waals surface area contributed by atoms with E-state index in [0.717, 1.165) is 36.0 Å². The maximum atomic E-state index is 6.14. The van der Waals surface area contributed by atoms with Gasteiger partial charge in [0, 0.05) is 6.42 Å². The fourth-order valence-electron chi connectivity index (χ4n) is 3.10. The van der Waals surface area contributed by atoms with Crippen LogP contribution in [-0.2, 0) is 12.0 Å². The molecule has 0 bridgehead atoms. The van der Waals surface area contributed by atoms with E-state index in [0.29, 0.717) is 5.82 Å². The molecule has 0 saturated heterocycles. The number of rotatable bonds is 2. The lowest BCUT2D eigenvalue weighted by atomic mass is 9.90. The summed E-state index contributed by atoms with van der Waals surface area (Å²) in [6.07, 6.45) is 6.87. The third kappa shape index (κ3) is 2.76. The van der Waals surface area contributed by atoms with Crippen LogP contribution in [0.4, 0.5) is 5.82 Å². The molecule has 0 radical (unpaired) electrons. The van der Waals surface area contributed by atoms with Crippen molar-refractivity contribution in [2.24, 2.45) is 0 Å². The number of aromatic nitrogens is 4. The molecular weight excluding hydrogens is 286 g/mol. The molecule has 0 unspecified atom stereocenters. The second kappa shape index (κ2) is 5.48. The van der Waals surface area contributed by atoms with Gasteiger partial charge in [0.2, 0.25) is 0 Å². The van der Waals surface area contributed by atoms with Crippen molar-refractivity contribution < 1.29 is 0 Å². The molecule has 0 atom stereocenters. The standard InChI is InChI=1S/C18H25N5/c1-11-7-6-8-13(12(11)2)9-14-15-16(19)20-10-21-17(15)23(22-14)18(3,4)5/h8,10H,6-7,9H2,1-5H3,(H2,19,20,21). The lowest BCUT2D eigenvalue weighted by molar-refractivity contribution is 0.363. The summed E-state index contributed by atoms with van der Waals surface area (Å²) in [5.74, 6) is 0.510. The number of allylic oxidation sites excluding steroid dienone is 4. The van der Waals surface area contributed by atoms with E-state index in [1.807, 2.05) is 4.68 Å². The Kier molecular flexibility index (Phi) is 3.74. The average molecular weight is 311 g/mol. The third-order valence-electron chi connectivity index (χ3n) is 4.59. The number of hydrogen-bond acceptors (Lipinski definition) is 4. The second-order valence-electron chi connectivity index (χ2n) is 7.34. The van der Waals surface area contributed by atoms with Crippen LogP contribution < -0.4 is 5.73 Å². The zero-order chi connectivity index (χ0) is 16.8. The van der Waals surface area contributed by atoms with E-state index in [1.165, 1.54) is 23.0 Å². The maximum absolute atomic E-state index is 6.14. The maximum Gasteiger partial charge on any atom is 0.164 e. The van der Waals surface area contributed by atoms with E-state index in [-0.39, 0.29) is 5.54 Å². The summed E-state index contributed by atoms with van der Waals surface area (Å²) < 4.78 is 1.96. The molecule has 2 aromatic heterocycles. The third-order valence-corrected chi connectivity index (χ3v) is 4.59. The van der Waals surface area contributed by atoms with Gasteiger partial charge in [-0.3, -0.25) is 0 Å². The molecule has 0 spiro atoms. The predicted octanol–water partition coefficient (Wildman–Crippen LogP) is 3.76. The van der Waals surface area contributed by atoms with E-state index in [2.05, 4.69) is 50.7 Å². The van der Waals surface area contributed by atoms with Crippen molar-refractivity contribution in [2.45, 2.75) is 59.4 Å². The van der Waals surface area contributed by atoms with Crippen LogP contribution in [0.25, 0.3) is 11.0 Å². The first-order chi connectivity index (χ1) is 10.8. The molecule has 2 heterocycles. The van der Waals surface area contributed by atoms with Crippen LogP contribution >= 0.6 is 0 Å². The molecule has 0 aliphatic heterocycles. The van der Waals surface area contributed by atoms with E-state index in [1.54, 1.807) is 0 Å². The first-order valence-corrected chi connectivity index (χ1v) is 8.13. The second-order valence-corrected chi connectivity index (χ2v) is 7.34. The molecule has 0 amide bonds. The molecular formula is C18H25N5. The minimum absolute atomic E-state index is 0.154. The molecule has 3 rings (SSSR count). The summed E-state index contributed by atoms with van der Waals surface area (Å²) in [5, 5.41) is 5.73. The van der Waals surface area contributed by atoms with Gasteiger partial charge in [-0.15, -0.1) is 0 Å². The molecule has 5 nitrogen and oxygen atoms in total. The van der Waals surface area contributed by atoms with Crippen molar-refractivity contribution in [3.63, 3.8) is 0 Å². The summed E-state index contributed by atoms with van der Waals surface area (Å²) in [7, 11) is 0. The summed E-state index contributed by atoms with van der Waals surface area (Å²) >= 11 is 0. The van der Waals surface area contributed by atoms with E-state index in [9.17, 15) is 0 Å². The summed E-state index contributed by atoms with van der Waals surface area (Å²) in [6, 6.07) is 0. The average Bonchev–Trinajstić information content (AvgIpc) is 2.84. The number of fused-ring (bicyclic) bond motifs is 1. The topological polar surface area (TPSA) is 69.6 Å². The van der Waals surface area contributed by atoms with Crippen LogP contribution in [0.3, 0.4) is 0 Å². The van der Waals surface area contributed by atoms with Crippen molar-refractivity contribution >= 4 is 16.9 Å². The van der Waals surface area contributed by atoms with Crippen molar-refractivity contribution in [3.8, 4) is 0 Å². The monoisotopic (exact) mass is 311 g/mol. The van der Waals surface area contributed by atoms with Crippen molar-refractivity contribution in [3.05, 3.63) is 34.8 Å². The first kappa shape index (κ1) is 15.7. The smallest absolute Gasteiger partial charge is 0.164 e. The Morgan fingerprint density at radius 1 is 1.22 bits per heavy atom. The largest absolute Gasteiger partial charge is 0.383 e. The van der Waals surface area contributed by atoms with Crippen LogP contribution in [0, 0.1) is 0 Å². The molecule has 0 aromatic carbocycles. The quantitative estimate of drug-likeness (QED) is 0.916. The molecule has 5 heteroatoms. The molecule has 0 fully saturated rings. The zero-order valence-electron chi connectivity index (χ0n) is 14.6. The highest BCUT2D eigenvalue weighted by molar-refractivity contribution is 5.88. The van der Waals surface area contributed by atoms with Gasteiger partial charge in [-0.05, 0) is 58.6 Å². The fourth-order valence-corrected chi connectivity index (χ4v) is 3.10. The van der Waals surface area contributed by atoms with Gasteiger partial charge < -0.3 is 5.73 Å². The van der Waals surface area contributed by atoms with Gasteiger partial charge in [0.1, 0.15) is 12.1 Å². The highest BCUT2D eigenvalue weighted by Gasteiger charge is 2.24. The van der Waals surface area contributed by atoms with Gasteiger partial charge >= 0.3 is 0 Å². The van der Waals surface area contributed by atoms with Gasteiger partial charge in [-0.2, -0.15) is 5.10 Å². The number of nitrogens with two attached hydrogens (primary N) is 1. The van der Waals surface area contributed by atoms with Crippen LogP contribution in [0.15, 0.2) is 29.1 Å². The summed E-state index contributed by atoms with van der Waals surface area (Å²) in [4.78, 5) is 8.61. The SMILES string of the molecule is CC1=C(C)C(Cc2nn(C(C)(C)C)c3ncnc(N)c23)=CCC1. The van der Waals surface area contributed by atoms with Crippen LogP contribution in [0.5, 0.6) is 0 Å². The fraction of sp³-hybridized carbons (Fsp3) is 0.500. The Morgan fingerprint density at radius 3 is 2.65 bits per heavy atom. The number of anilines is 1. The molecule has 0 saturated carbocycles. The lowest BCUT2D eigenvalue weighted by Gasteiger charge is -2.19. The molecule has 1 aliphatic rings. The van der Waals surface area contributed by atoms with Gasteiger partial charge in [0.25, 0.3) is 0 Å². The van der Waals surface area contributed by atoms with E-state index < -0.39 is 0 Å². The highest BCUT2D eigenvalue weighted by Crippen LogP contribution is 2.31. The number of nitrogens with zero attached hydrogens (tertiary/aromatic N) is 4. The van der Waals surface area contributed by atoms with Crippen molar-refractivity contribution in [1.82, 2.24) is 19.7 Å². The van der Waals surface area contributed by atoms with Crippen LogP contribution in [0.2, 0.25) is 0 Å². The van der Waals surface area contributed by atoms with E-state index >= 15 is 0 Å². The molecule has 2 aromatic rings. The number of nitrogen functional groups attached to an aromatic ring is 1. The Morgan fingerprint density at radius 2 is 1.96 bits per heavy atom. The van der Waals surface area contributed by atoms with Crippen molar-refractivity contribution in [1.29, 1.82) is 0 Å². The Labute approximate surface area is 137 Å². The Balaban J connectivity index is 2.14. The summed E-state index contributed by atoms with van der Waals surface area (Å²) in [5.41, 5.74) is 12.0. The van der Waals surface area contributed by atoms with Gasteiger partial charge in [-0.25, -0.2) is 14.6 Å². The highest BCUT2D eigenvalue weighted by atomic mass is 15.3. The van der Waals surface area contributed by atoms with Crippen LogP contribution in [-0.4, -0.2) is 19.7 Å². The predicted molar refractivity (Wildman–Crippen MR) is 94.1 cm³/mol. The Hall–Kier alpha value is -2.17. The molecule has 122 valence electrons. The lowest BCUT2D eigenvalue weighted by Crippen LogP contribution is -2.23. The molecule has 1 aliphatic carbocycles. The molecule has 23 heavy (non-hydrogen) atoms. The van der Waals surface area contributed by atoms with Gasteiger partial charge in [0.15, 0.2) is 5.65 Å². The Bertz CT molecular complexity index is 818. The minimum Gasteiger partial charge on any atom is -0.383 e.